The van der Waals surface area contributed by atoms with E-state index in [2.05, 4.69) is 10.6 Å². The van der Waals surface area contributed by atoms with Crippen LogP contribution in [0.1, 0.15) is 11.7 Å². The van der Waals surface area contributed by atoms with E-state index in [4.69, 9.17) is 0 Å². The van der Waals surface area contributed by atoms with Crippen molar-refractivity contribution < 1.29 is 19.1 Å². The Balaban J connectivity index is 1.78. The van der Waals surface area contributed by atoms with Gasteiger partial charge in [0, 0.05) is 19.6 Å². The van der Waals surface area contributed by atoms with Crippen molar-refractivity contribution in [1.82, 2.24) is 15.5 Å². The van der Waals surface area contributed by atoms with Crippen molar-refractivity contribution in [2.45, 2.75) is 6.10 Å². The molecule has 0 radical (unpaired) electrons. The van der Waals surface area contributed by atoms with E-state index in [-0.39, 0.29) is 37.3 Å². The van der Waals surface area contributed by atoms with Crippen molar-refractivity contribution in [3.05, 3.63) is 35.6 Å². The van der Waals surface area contributed by atoms with E-state index in [0.29, 0.717) is 18.7 Å². The third-order valence-electron chi connectivity index (χ3n) is 3.27. The van der Waals surface area contributed by atoms with E-state index in [1.807, 2.05) is 0 Å². The summed E-state index contributed by atoms with van der Waals surface area (Å²) in [6, 6.07) is 5.43. The number of carbonyl (C=O) groups excluding carboxylic acids is 2. The number of nitrogens with one attached hydrogen (secondary N) is 2. The number of nitrogens with zero attached hydrogens (tertiary/aromatic N) is 1. The van der Waals surface area contributed by atoms with Crippen LogP contribution in [0.4, 0.5) is 4.39 Å². The fourth-order valence-electron chi connectivity index (χ4n) is 2.06. The van der Waals surface area contributed by atoms with Gasteiger partial charge >= 0.3 is 0 Å². The van der Waals surface area contributed by atoms with Crippen LogP contribution in [0.3, 0.4) is 0 Å². The van der Waals surface area contributed by atoms with Crippen molar-refractivity contribution >= 4 is 11.8 Å². The third-order valence-corrected chi connectivity index (χ3v) is 3.27. The van der Waals surface area contributed by atoms with Crippen molar-refractivity contribution in [2.24, 2.45) is 0 Å². The van der Waals surface area contributed by atoms with Crippen LogP contribution in [0.2, 0.25) is 0 Å². The van der Waals surface area contributed by atoms with Gasteiger partial charge in [-0.25, -0.2) is 4.39 Å². The monoisotopic (exact) mass is 295 g/mol. The summed E-state index contributed by atoms with van der Waals surface area (Å²) < 4.78 is 12.8. The molecule has 0 aromatic heterocycles. The molecule has 7 heteroatoms. The highest BCUT2D eigenvalue weighted by atomic mass is 19.1. The van der Waals surface area contributed by atoms with Crippen molar-refractivity contribution in [2.75, 3.05) is 32.7 Å². The summed E-state index contributed by atoms with van der Waals surface area (Å²) in [5.41, 5.74) is 0.523. The predicted molar refractivity (Wildman–Crippen MR) is 73.8 cm³/mol. The maximum absolute atomic E-state index is 12.8. The molecular formula is C14H18FN3O3. The van der Waals surface area contributed by atoms with Gasteiger partial charge in [-0.2, -0.15) is 0 Å². The molecule has 1 aliphatic rings. The number of aliphatic hydroxyl groups excluding tert-OH is 1. The van der Waals surface area contributed by atoms with Gasteiger partial charge in [0.1, 0.15) is 5.82 Å². The molecule has 1 aliphatic heterocycles. The number of carbonyl (C=O) groups is 2. The molecule has 1 heterocycles. The van der Waals surface area contributed by atoms with Crippen molar-refractivity contribution in [1.29, 1.82) is 0 Å². The van der Waals surface area contributed by atoms with Gasteiger partial charge in [-0.1, -0.05) is 12.1 Å². The number of hydrogen-bond acceptors (Lipinski definition) is 4. The maximum atomic E-state index is 12.8. The first kappa shape index (κ1) is 15.4. The van der Waals surface area contributed by atoms with Crippen LogP contribution < -0.4 is 10.6 Å². The first-order valence-corrected chi connectivity index (χ1v) is 6.75. The Morgan fingerprint density at radius 2 is 2.14 bits per heavy atom. The number of hydrogen-bond donors (Lipinski definition) is 3. The van der Waals surface area contributed by atoms with Gasteiger partial charge in [-0.15, -0.1) is 0 Å². The Morgan fingerprint density at radius 1 is 1.43 bits per heavy atom. The second-order valence-electron chi connectivity index (χ2n) is 4.86. The van der Waals surface area contributed by atoms with Gasteiger partial charge in [0.15, 0.2) is 0 Å². The summed E-state index contributed by atoms with van der Waals surface area (Å²) in [5.74, 6) is -0.825. The van der Waals surface area contributed by atoms with E-state index >= 15 is 0 Å². The number of benzene rings is 1. The zero-order valence-corrected chi connectivity index (χ0v) is 11.5. The molecule has 6 nitrogen and oxygen atoms in total. The summed E-state index contributed by atoms with van der Waals surface area (Å²) in [4.78, 5) is 24.7. The first-order valence-electron chi connectivity index (χ1n) is 6.75. The molecule has 2 amide bonds. The van der Waals surface area contributed by atoms with Crippen LogP contribution in [-0.4, -0.2) is 54.5 Å². The zero-order chi connectivity index (χ0) is 15.2. The number of rotatable bonds is 5. The summed E-state index contributed by atoms with van der Waals surface area (Å²) in [5, 5.41) is 15.4. The lowest BCUT2D eigenvalue weighted by molar-refractivity contribution is -0.136. The summed E-state index contributed by atoms with van der Waals surface area (Å²) in [7, 11) is 0. The first-order chi connectivity index (χ1) is 10.1. The molecule has 1 saturated heterocycles. The Labute approximate surface area is 121 Å². The average molecular weight is 295 g/mol. The molecule has 0 aliphatic carbocycles. The lowest BCUT2D eigenvalue weighted by atomic mass is 10.1. The molecule has 2 rings (SSSR count). The molecule has 114 valence electrons. The van der Waals surface area contributed by atoms with Gasteiger partial charge in [0.25, 0.3) is 0 Å². The molecule has 0 saturated carbocycles. The van der Waals surface area contributed by atoms with E-state index in [1.165, 1.54) is 29.2 Å². The highest BCUT2D eigenvalue weighted by molar-refractivity contribution is 5.86. The second-order valence-corrected chi connectivity index (χ2v) is 4.86. The molecule has 0 spiro atoms. The van der Waals surface area contributed by atoms with Gasteiger partial charge in [0.05, 0.1) is 19.2 Å². The minimum atomic E-state index is -0.909. The Hall–Kier alpha value is -1.99. The lowest BCUT2D eigenvalue weighted by Gasteiger charge is -2.26. The molecule has 1 fully saturated rings. The van der Waals surface area contributed by atoms with Crippen LogP contribution in [0.15, 0.2) is 24.3 Å². The number of halogens is 1. The van der Waals surface area contributed by atoms with E-state index in [0.717, 1.165) is 0 Å². The van der Waals surface area contributed by atoms with Crippen LogP contribution in [0.25, 0.3) is 0 Å². The Morgan fingerprint density at radius 3 is 2.81 bits per heavy atom. The van der Waals surface area contributed by atoms with E-state index in [9.17, 15) is 19.1 Å². The number of amides is 2. The molecular weight excluding hydrogens is 277 g/mol. The molecule has 0 unspecified atom stereocenters. The van der Waals surface area contributed by atoms with Crippen molar-refractivity contribution in [3.63, 3.8) is 0 Å². The number of aliphatic hydroxyl groups is 1. The highest BCUT2D eigenvalue weighted by Crippen LogP contribution is 2.12. The van der Waals surface area contributed by atoms with Crippen LogP contribution in [0.5, 0.6) is 0 Å². The second kappa shape index (κ2) is 7.14. The van der Waals surface area contributed by atoms with Crippen LogP contribution in [-0.2, 0) is 9.59 Å². The molecule has 0 bridgehead atoms. The van der Waals surface area contributed by atoms with Crippen LogP contribution >= 0.6 is 0 Å². The fraction of sp³-hybridized carbons (Fsp3) is 0.429. The number of piperazine rings is 1. The minimum Gasteiger partial charge on any atom is -0.387 e. The van der Waals surface area contributed by atoms with Gasteiger partial charge < -0.3 is 20.6 Å². The molecule has 1 aromatic rings. The Kier molecular flexibility index (Phi) is 5.24. The maximum Gasteiger partial charge on any atom is 0.239 e. The standard InChI is InChI=1S/C14H18FN3O3/c15-11-3-1-10(2-4-11)12(19)7-17-13(20)9-18-6-5-16-8-14(18)21/h1-4,12,16,19H,5-9H2,(H,17,20)/t12-/m0/s1. The topological polar surface area (TPSA) is 81.7 Å². The largest absolute Gasteiger partial charge is 0.387 e. The molecule has 1 atom stereocenters. The Bertz CT molecular complexity index is 507. The highest BCUT2D eigenvalue weighted by Gasteiger charge is 2.20. The van der Waals surface area contributed by atoms with Gasteiger partial charge in [-0.05, 0) is 17.7 Å². The summed E-state index contributed by atoms with van der Waals surface area (Å²) in [6.45, 7) is 1.40. The normalized spacial score (nSPS) is 16.7. The predicted octanol–water partition coefficient (Wildman–Crippen LogP) is -0.593. The molecule has 3 N–H and O–H groups in total. The van der Waals surface area contributed by atoms with E-state index in [1.54, 1.807) is 0 Å². The molecule has 1 aromatic carbocycles. The zero-order valence-electron chi connectivity index (χ0n) is 11.5. The quantitative estimate of drug-likeness (QED) is 0.678. The van der Waals surface area contributed by atoms with Gasteiger partial charge in [-0.3, -0.25) is 9.59 Å². The average Bonchev–Trinajstić information content (AvgIpc) is 2.48. The lowest BCUT2D eigenvalue weighted by Crippen LogP contribution is -2.51. The van der Waals surface area contributed by atoms with Gasteiger partial charge in [0.2, 0.25) is 11.8 Å². The minimum absolute atomic E-state index is 0.0172. The van der Waals surface area contributed by atoms with Crippen LogP contribution in [0, 0.1) is 5.82 Å². The smallest absolute Gasteiger partial charge is 0.239 e. The van der Waals surface area contributed by atoms with E-state index < -0.39 is 6.10 Å². The summed E-state index contributed by atoms with van der Waals surface area (Å²) >= 11 is 0. The van der Waals surface area contributed by atoms with Crippen molar-refractivity contribution in [3.8, 4) is 0 Å². The molecule has 21 heavy (non-hydrogen) atoms. The third kappa shape index (κ3) is 4.51. The SMILES string of the molecule is O=C(CN1CCNCC1=O)NC[C@H](O)c1ccc(F)cc1. The fourth-order valence-corrected chi connectivity index (χ4v) is 2.06. The summed E-state index contributed by atoms with van der Waals surface area (Å²) in [6.07, 6.45) is -0.909.